The minimum Gasteiger partial charge on any atom is -0.330 e. The van der Waals surface area contributed by atoms with Crippen molar-refractivity contribution in [3.05, 3.63) is 29.6 Å². The molecule has 1 aromatic heterocycles. The van der Waals surface area contributed by atoms with Crippen LogP contribution in [-0.2, 0) is 5.41 Å². The fourth-order valence-electron chi connectivity index (χ4n) is 1.04. The van der Waals surface area contributed by atoms with E-state index in [1.54, 1.807) is 0 Å². The predicted molar refractivity (Wildman–Crippen MR) is 51.1 cm³/mol. The van der Waals surface area contributed by atoms with Crippen molar-refractivity contribution >= 4 is 0 Å². The van der Waals surface area contributed by atoms with Gasteiger partial charge in [0, 0.05) is 24.4 Å². The molecule has 1 rings (SSSR count). The van der Waals surface area contributed by atoms with Crippen LogP contribution >= 0.6 is 0 Å². The van der Waals surface area contributed by atoms with Crippen LogP contribution in [-0.4, -0.2) is 11.5 Å². The van der Waals surface area contributed by atoms with E-state index in [0.29, 0.717) is 6.54 Å². The van der Waals surface area contributed by atoms with Crippen LogP contribution < -0.4 is 5.73 Å². The van der Waals surface area contributed by atoms with Crippen molar-refractivity contribution in [1.29, 1.82) is 0 Å². The average Bonchev–Trinajstić information content (AvgIpc) is 2.05. The van der Waals surface area contributed by atoms with E-state index in [2.05, 4.69) is 24.9 Å². The van der Waals surface area contributed by atoms with Crippen LogP contribution in [0.2, 0.25) is 0 Å². The zero-order valence-electron chi connectivity index (χ0n) is 7.96. The van der Waals surface area contributed by atoms with Crippen molar-refractivity contribution in [2.45, 2.75) is 26.2 Å². The first-order chi connectivity index (χ1) is 5.56. The molecule has 2 heteroatoms. The third-order valence-corrected chi connectivity index (χ3v) is 2.17. The molecule has 0 aliphatic carbocycles. The molecule has 1 heterocycles. The fraction of sp³-hybridized carbons (Fsp3) is 0.500. The Kier molecular flexibility index (Phi) is 2.48. The predicted octanol–water partition coefficient (Wildman–Crippen LogP) is 1.63. The van der Waals surface area contributed by atoms with Crippen LogP contribution in [0.15, 0.2) is 18.5 Å². The van der Waals surface area contributed by atoms with E-state index < -0.39 is 0 Å². The third-order valence-electron chi connectivity index (χ3n) is 2.17. The molecule has 0 amide bonds. The SMILES string of the molecule is Cc1cncc(C(C)(C)CN)c1. The number of aryl methyl sites for hydroxylation is 1. The first kappa shape index (κ1) is 9.20. The summed E-state index contributed by atoms with van der Waals surface area (Å²) < 4.78 is 0. The minimum atomic E-state index is 0.0407. The summed E-state index contributed by atoms with van der Waals surface area (Å²) in [4.78, 5) is 4.14. The Bertz CT molecular complexity index is 266. The van der Waals surface area contributed by atoms with Crippen LogP contribution in [0.3, 0.4) is 0 Å². The topological polar surface area (TPSA) is 38.9 Å². The maximum absolute atomic E-state index is 5.66. The van der Waals surface area contributed by atoms with Gasteiger partial charge in [0.25, 0.3) is 0 Å². The Morgan fingerprint density at radius 2 is 2.08 bits per heavy atom. The average molecular weight is 164 g/mol. The number of hydrogen-bond acceptors (Lipinski definition) is 2. The Balaban J connectivity index is 3.03. The molecule has 0 saturated carbocycles. The zero-order valence-corrected chi connectivity index (χ0v) is 7.96. The fourth-order valence-corrected chi connectivity index (χ4v) is 1.04. The quantitative estimate of drug-likeness (QED) is 0.721. The van der Waals surface area contributed by atoms with Gasteiger partial charge in [-0.2, -0.15) is 0 Å². The molecule has 0 unspecified atom stereocenters. The molecule has 0 aliphatic heterocycles. The second-order valence-corrected chi connectivity index (χ2v) is 3.84. The van der Waals surface area contributed by atoms with Crippen LogP contribution in [0.1, 0.15) is 25.0 Å². The van der Waals surface area contributed by atoms with Gasteiger partial charge in [-0.15, -0.1) is 0 Å². The molecule has 0 aromatic carbocycles. The standard InChI is InChI=1S/C10H16N2/c1-8-4-9(6-12-5-8)10(2,3)7-11/h4-6H,7,11H2,1-3H3. The smallest absolute Gasteiger partial charge is 0.0306 e. The number of rotatable bonds is 2. The summed E-state index contributed by atoms with van der Waals surface area (Å²) in [5.74, 6) is 0. The largest absolute Gasteiger partial charge is 0.330 e. The molecule has 2 N–H and O–H groups in total. The van der Waals surface area contributed by atoms with Gasteiger partial charge in [-0.05, 0) is 18.1 Å². The van der Waals surface area contributed by atoms with Crippen LogP contribution in [0.5, 0.6) is 0 Å². The molecule has 0 bridgehead atoms. The lowest BCUT2D eigenvalue weighted by Crippen LogP contribution is -2.28. The summed E-state index contributed by atoms with van der Waals surface area (Å²) in [7, 11) is 0. The van der Waals surface area contributed by atoms with E-state index >= 15 is 0 Å². The van der Waals surface area contributed by atoms with E-state index in [4.69, 9.17) is 5.73 Å². The van der Waals surface area contributed by atoms with E-state index in [9.17, 15) is 0 Å². The summed E-state index contributed by atoms with van der Waals surface area (Å²) in [5.41, 5.74) is 8.10. The second-order valence-electron chi connectivity index (χ2n) is 3.84. The maximum atomic E-state index is 5.66. The van der Waals surface area contributed by atoms with Gasteiger partial charge in [-0.1, -0.05) is 19.9 Å². The molecule has 0 atom stereocenters. The normalized spacial score (nSPS) is 11.7. The van der Waals surface area contributed by atoms with Gasteiger partial charge < -0.3 is 5.73 Å². The highest BCUT2D eigenvalue weighted by Crippen LogP contribution is 2.20. The van der Waals surface area contributed by atoms with Crippen molar-refractivity contribution in [1.82, 2.24) is 4.98 Å². The summed E-state index contributed by atoms with van der Waals surface area (Å²) in [6, 6.07) is 2.14. The Morgan fingerprint density at radius 1 is 1.42 bits per heavy atom. The minimum absolute atomic E-state index is 0.0407. The monoisotopic (exact) mass is 164 g/mol. The van der Waals surface area contributed by atoms with Gasteiger partial charge in [0.05, 0.1) is 0 Å². The highest BCUT2D eigenvalue weighted by molar-refractivity contribution is 5.24. The molecular formula is C10H16N2. The Hall–Kier alpha value is -0.890. The van der Waals surface area contributed by atoms with Crippen molar-refractivity contribution in [2.75, 3.05) is 6.54 Å². The third kappa shape index (κ3) is 1.83. The van der Waals surface area contributed by atoms with Crippen molar-refractivity contribution in [3.63, 3.8) is 0 Å². The molecule has 2 nitrogen and oxygen atoms in total. The Morgan fingerprint density at radius 3 is 2.58 bits per heavy atom. The lowest BCUT2D eigenvalue weighted by molar-refractivity contribution is 0.536. The number of nitrogens with zero attached hydrogens (tertiary/aromatic N) is 1. The summed E-state index contributed by atoms with van der Waals surface area (Å²) in [6.45, 7) is 6.95. The van der Waals surface area contributed by atoms with E-state index in [1.165, 1.54) is 11.1 Å². The number of hydrogen-bond donors (Lipinski definition) is 1. The van der Waals surface area contributed by atoms with Gasteiger partial charge in [0.15, 0.2) is 0 Å². The highest BCUT2D eigenvalue weighted by atomic mass is 14.6. The molecular weight excluding hydrogens is 148 g/mol. The molecule has 0 fully saturated rings. The molecule has 0 radical (unpaired) electrons. The van der Waals surface area contributed by atoms with E-state index in [0.717, 1.165) is 0 Å². The molecule has 0 spiro atoms. The second kappa shape index (κ2) is 3.23. The zero-order chi connectivity index (χ0) is 9.19. The number of aromatic nitrogens is 1. The molecule has 66 valence electrons. The molecule has 1 aromatic rings. The van der Waals surface area contributed by atoms with E-state index in [-0.39, 0.29) is 5.41 Å². The molecule has 12 heavy (non-hydrogen) atoms. The van der Waals surface area contributed by atoms with Gasteiger partial charge in [0.2, 0.25) is 0 Å². The van der Waals surface area contributed by atoms with Gasteiger partial charge in [0.1, 0.15) is 0 Å². The van der Waals surface area contributed by atoms with Crippen LogP contribution in [0.25, 0.3) is 0 Å². The first-order valence-corrected chi connectivity index (χ1v) is 4.18. The number of pyridine rings is 1. The first-order valence-electron chi connectivity index (χ1n) is 4.18. The molecule has 0 saturated heterocycles. The summed E-state index contributed by atoms with van der Waals surface area (Å²) >= 11 is 0. The summed E-state index contributed by atoms with van der Waals surface area (Å²) in [5, 5.41) is 0. The maximum Gasteiger partial charge on any atom is 0.0306 e. The Labute approximate surface area is 73.8 Å². The van der Waals surface area contributed by atoms with Crippen molar-refractivity contribution in [2.24, 2.45) is 5.73 Å². The van der Waals surface area contributed by atoms with Crippen molar-refractivity contribution < 1.29 is 0 Å². The van der Waals surface area contributed by atoms with Crippen molar-refractivity contribution in [3.8, 4) is 0 Å². The van der Waals surface area contributed by atoms with Gasteiger partial charge >= 0.3 is 0 Å². The molecule has 0 aliphatic rings. The lowest BCUT2D eigenvalue weighted by Gasteiger charge is -2.22. The van der Waals surface area contributed by atoms with Gasteiger partial charge in [-0.3, -0.25) is 4.98 Å². The van der Waals surface area contributed by atoms with E-state index in [1.807, 2.05) is 19.3 Å². The highest BCUT2D eigenvalue weighted by Gasteiger charge is 2.18. The van der Waals surface area contributed by atoms with Crippen LogP contribution in [0, 0.1) is 6.92 Å². The summed E-state index contributed by atoms with van der Waals surface area (Å²) in [6.07, 6.45) is 3.75. The van der Waals surface area contributed by atoms with Crippen LogP contribution in [0.4, 0.5) is 0 Å². The van der Waals surface area contributed by atoms with Gasteiger partial charge in [-0.25, -0.2) is 0 Å². The number of nitrogens with two attached hydrogens (primary N) is 1. The lowest BCUT2D eigenvalue weighted by atomic mass is 9.85.